The van der Waals surface area contributed by atoms with Crippen molar-refractivity contribution < 1.29 is 19.1 Å². The molecule has 1 aromatic carbocycles. The van der Waals surface area contributed by atoms with E-state index in [4.69, 9.17) is 4.74 Å². The van der Waals surface area contributed by atoms with Crippen LogP contribution in [-0.4, -0.2) is 46.5 Å². The summed E-state index contributed by atoms with van der Waals surface area (Å²) in [6.07, 6.45) is 3.31. The third kappa shape index (κ3) is 6.92. The molecule has 164 valence electrons. The molecule has 2 aromatic rings. The summed E-state index contributed by atoms with van der Waals surface area (Å²) >= 11 is 1.33. The van der Waals surface area contributed by atoms with Crippen LogP contribution in [0.25, 0.3) is 6.08 Å². The third-order valence-corrected chi connectivity index (χ3v) is 5.28. The molecule has 0 radical (unpaired) electrons. The number of fused-ring (bicyclic) bond motifs is 1. The van der Waals surface area contributed by atoms with Crippen molar-refractivity contribution >= 4 is 40.5 Å². The number of benzene rings is 1. The van der Waals surface area contributed by atoms with Crippen LogP contribution in [0.15, 0.2) is 36.4 Å². The zero-order valence-corrected chi connectivity index (χ0v) is 18.6. The van der Waals surface area contributed by atoms with E-state index in [1.165, 1.54) is 17.4 Å². The summed E-state index contributed by atoms with van der Waals surface area (Å²) in [6, 6.07) is 9.42. The number of carbonyl (C=O) groups excluding carboxylic acids is 3. The van der Waals surface area contributed by atoms with Crippen LogP contribution in [0.4, 0.5) is 9.93 Å². The van der Waals surface area contributed by atoms with E-state index in [0.717, 1.165) is 16.1 Å². The quantitative estimate of drug-likeness (QED) is 0.693. The molecule has 0 saturated carbocycles. The van der Waals surface area contributed by atoms with Gasteiger partial charge in [0.2, 0.25) is 11.8 Å². The van der Waals surface area contributed by atoms with Crippen molar-refractivity contribution in [2.75, 3.05) is 18.4 Å². The van der Waals surface area contributed by atoms with Gasteiger partial charge in [-0.1, -0.05) is 41.7 Å². The minimum atomic E-state index is -0.551. The van der Waals surface area contributed by atoms with Gasteiger partial charge in [0.05, 0.1) is 18.8 Å². The Morgan fingerprint density at radius 3 is 2.68 bits per heavy atom. The van der Waals surface area contributed by atoms with Gasteiger partial charge in [0.15, 0.2) is 5.13 Å². The minimum absolute atomic E-state index is 0.160. The first kappa shape index (κ1) is 22.5. The molecule has 1 aliphatic heterocycles. The maximum Gasteiger partial charge on any atom is 0.410 e. The number of hydrogen-bond acceptors (Lipinski definition) is 6. The van der Waals surface area contributed by atoms with Crippen LogP contribution in [0.1, 0.15) is 36.9 Å². The average molecular weight is 443 g/mol. The van der Waals surface area contributed by atoms with E-state index in [1.807, 2.05) is 51.1 Å². The van der Waals surface area contributed by atoms with E-state index < -0.39 is 5.60 Å². The van der Waals surface area contributed by atoms with Crippen LogP contribution >= 0.6 is 11.3 Å². The fourth-order valence-corrected chi connectivity index (χ4v) is 3.90. The molecule has 3 rings (SSSR count). The van der Waals surface area contributed by atoms with Crippen molar-refractivity contribution in [3.63, 3.8) is 0 Å². The lowest BCUT2D eigenvalue weighted by Crippen LogP contribution is -2.39. The highest BCUT2D eigenvalue weighted by Gasteiger charge is 2.28. The summed E-state index contributed by atoms with van der Waals surface area (Å²) in [5, 5.41) is 5.71. The second-order valence-electron chi connectivity index (χ2n) is 8.05. The van der Waals surface area contributed by atoms with Gasteiger partial charge in [0, 0.05) is 23.9 Å². The predicted molar refractivity (Wildman–Crippen MR) is 120 cm³/mol. The number of rotatable bonds is 5. The highest BCUT2D eigenvalue weighted by atomic mass is 32.1. The molecule has 31 heavy (non-hydrogen) atoms. The molecular weight excluding hydrogens is 416 g/mol. The molecule has 0 spiro atoms. The van der Waals surface area contributed by atoms with Crippen LogP contribution in [0, 0.1) is 0 Å². The Morgan fingerprint density at radius 2 is 1.97 bits per heavy atom. The smallest absolute Gasteiger partial charge is 0.410 e. The minimum Gasteiger partial charge on any atom is -0.444 e. The first-order valence-electron chi connectivity index (χ1n) is 9.97. The van der Waals surface area contributed by atoms with Gasteiger partial charge in [-0.2, -0.15) is 0 Å². The van der Waals surface area contributed by atoms with E-state index in [-0.39, 0.29) is 24.5 Å². The largest absolute Gasteiger partial charge is 0.444 e. The SMILES string of the molecule is CC(C)(C)OC(=O)N1CCc2nc(NC(=O)CNC(=O)/C=C/c3ccccc3)sc2C1. The third-order valence-electron chi connectivity index (χ3n) is 4.28. The number of ether oxygens (including phenoxy) is 1. The van der Waals surface area contributed by atoms with E-state index >= 15 is 0 Å². The maximum atomic E-state index is 12.3. The van der Waals surface area contributed by atoms with Gasteiger partial charge in [-0.3, -0.25) is 9.59 Å². The summed E-state index contributed by atoms with van der Waals surface area (Å²) in [4.78, 5) is 43.3. The summed E-state index contributed by atoms with van der Waals surface area (Å²) in [6.45, 7) is 6.25. The molecule has 0 bridgehead atoms. The van der Waals surface area contributed by atoms with E-state index in [9.17, 15) is 14.4 Å². The molecule has 0 aliphatic carbocycles. The number of aromatic nitrogens is 1. The molecule has 2 N–H and O–H groups in total. The molecular formula is C22H26N4O4S. The molecule has 0 fully saturated rings. The topological polar surface area (TPSA) is 101 Å². The molecule has 1 aromatic heterocycles. The molecule has 3 amide bonds. The highest BCUT2D eigenvalue weighted by molar-refractivity contribution is 7.15. The van der Waals surface area contributed by atoms with Crippen LogP contribution in [0.2, 0.25) is 0 Å². The van der Waals surface area contributed by atoms with E-state index in [0.29, 0.717) is 24.6 Å². The summed E-state index contributed by atoms with van der Waals surface area (Å²) in [5.74, 6) is -0.720. The Bertz CT molecular complexity index is 979. The molecule has 0 saturated heterocycles. The van der Waals surface area contributed by atoms with Crippen molar-refractivity contribution in [2.45, 2.75) is 39.3 Å². The zero-order chi connectivity index (χ0) is 22.4. The number of nitrogens with zero attached hydrogens (tertiary/aromatic N) is 2. The van der Waals surface area contributed by atoms with Crippen molar-refractivity contribution in [1.29, 1.82) is 0 Å². The van der Waals surface area contributed by atoms with E-state index in [1.54, 1.807) is 11.0 Å². The van der Waals surface area contributed by atoms with Crippen molar-refractivity contribution in [2.24, 2.45) is 0 Å². The standard InChI is InChI=1S/C22H26N4O4S/c1-22(2,3)30-21(29)26-12-11-16-17(14-26)31-20(24-16)25-19(28)13-23-18(27)10-9-15-7-5-4-6-8-15/h4-10H,11-14H2,1-3H3,(H,23,27)(H,24,25,28)/b10-9+. The lowest BCUT2D eigenvalue weighted by atomic mass is 10.2. The van der Waals surface area contributed by atoms with Crippen molar-refractivity contribution in [3.05, 3.63) is 52.5 Å². The van der Waals surface area contributed by atoms with Gasteiger partial charge >= 0.3 is 6.09 Å². The van der Waals surface area contributed by atoms with Gasteiger partial charge < -0.3 is 20.3 Å². The number of hydrogen-bond donors (Lipinski definition) is 2. The second-order valence-corrected chi connectivity index (χ2v) is 9.13. The molecule has 9 heteroatoms. The molecule has 0 unspecified atom stereocenters. The first-order chi connectivity index (χ1) is 14.7. The number of carbonyl (C=O) groups is 3. The van der Waals surface area contributed by atoms with Gasteiger partial charge in [0.1, 0.15) is 5.60 Å². The summed E-state index contributed by atoms with van der Waals surface area (Å²) in [5.41, 5.74) is 1.22. The molecule has 8 nitrogen and oxygen atoms in total. The van der Waals surface area contributed by atoms with Gasteiger partial charge in [-0.15, -0.1) is 0 Å². The summed E-state index contributed by atoms with van der Waals surface area (Å²) in [7, 11) is 0. The van der Waals surface area contributed by atoms with Gasteiger partial charge in [-0.05, 0) is 32.4 Å². The molecule has 1 aliphatic rings. The maximum absolute atomic E-state index is 12.3. The first-order valence-corrected chi connectivity index (χ1v) is 10.8. The Hall–Kier alpha value is -3.20. The highest BCUT2D eigenvalue weighted by Crippen LogP contribution is 2.29. The van der Waals surface area contributed by atoms with Gasteiger partial charge in [0.25, 0.3) is 0 Å². The molecule has 0 atom stereocenters. The fraction of sp³-hybridized carbons (Fsp3) is 0.364. The number of anilines is 1. The predicted octanol–water partition coefficient (Wildman–Crippen LogP) is 3.20. The lowest BCUT2D eigenvalue weighted by Gasteiger charge is -2.29. The zero-order valence-electron chi connectivity index (χ0n) is 17.8. The van der Waals surface area contributed by atoms with Crippen LogP contribution in [0.5, 0.6) is 0 Å². The lowest BCUT2D eigenvalue weighted by molar-refractivity contribution is -0.121. The van der Waals surface area contributed by atoms with Gasteiger partial charge in [-0.25, -0.2) is 9.78 Å². The van der Waals surface area contributed by atoms with Crippen LogP contribution in [0.3, 0.4) is 0 Å². The van der Waals surface area contributed by atoms with Crippen LogP contribution in [-0.2, 0) is 27.3 Å². The Kier molecular flexibility index (Phi) is 7.06. The molecule has 2 heterocycles. The average Bonchev–Trinajstić information content (AvgIpc) is 3.11. The number of nitrogens with one attached hydrogen (secondary N) is 2. The van der Waals surface area contributed by atoms with Crippen molar-refractivity contribution in [1.82, 2.24) is 15.2 Å². The Morgan fingerprint density at radius 1 is 1.23 bits per heavy atom. The summed E-state index contributed by atoms with van der Waals surface area (Å²) < 4.78 is 5.42. The number of thiazole rings is 1. The van der Waals surface area contributed by atoms with E-state index in [2.05, 4.69) is 15.6 Å². The number of amides is 3. The normalized spacial score (nSPS) is 13.6. The van der Waals surface area contributed by atoms with Crippen LogP contribution < -0.4 is 10.6 Å². The fourth-order valence-electron chi connectivity index (χ4n) is 2.86. The second kappa shape index (κ2) is 9.74. The van der Waals surface area contributed by atoms with Crippen molar-refractivity contribution in [3.8, 4) is 0 Å². The monoisotopic (exact) mass is 442 g/mol. The Balaban J connectivity index is 1.48. The Labute approximate surface area is 185 Å².